The highest BCUT2D eigenvalue weighted by Crippen LogP contribution is 2.36. The monoisotopic (exact) mass is 645 g/mol. The Labute approximate surface area is 261 Å². The van der Waals surface area contributed by atoms with Crippen molar-refractivity contribution in [3.8, 4) is 11.8 Å². The first kappa shape index (κ1) is 32.7. The summed E-state index contributed by atoms with van der Waals surface area (Å²) in [5.41, 5.74) is -2.65. The summed E-state index contributed by atoms with van der Waals surface area (Å²) in [4.78, 5) is 42.3. The number of halogens is 5. The average molecular weight is 646 g/mol. The largest absolute Gasteiger partial charge is 0.418 e. The molecular formula is C30H32F5N9O2. The molecule has 16 heteroatoms. The van der Waals surface area contributed by atoms with Crippen LogP contribution in [0, 0.1) is 18.3 Å². The molecule has 46 heavy (non-hydrogen) atoms. The van der Waals surface area contributed by atoms with E-state index >= 15 is 0 Å². The van der Waals surface area contributed by atoms with Gasteiger partial charge in [-0.05, 0) is 31.2 Å². The van der Waals surface area contributed by atoms with E-state index in [4.69, 9.17) is 4.98 Å². The Kier molecular flexibility index (Phi) is 9.24. The van der Waals surface area contributed by atoms with Gasteiger partial charge in [0.05, 0.1) is 47.9 Å². The third kappa shape index (κ3) is 6.23. The molecule has 0 saturated carbocycles. The number of piperazine rings is 1. The van der Waals surface area contributed by atoms with Crippen molar-refractivity contribution < 1.29 is 26.7 Å². The van der Waals surface area contributed by atoms with Crippen LogP contribution < -0.4 is 15.4 Å². The first-order valence-corrected chi connectivity index (χ1v) is 14.7. The van der Waals surface area contributed by atoms with Crippen molar-refractivity contribution in [2.45, 2.75) is 45.0 Å². The van der Waals surface area contributed by atoms with E-state index in [0.717, 1.165) is 6.07 Å². The van der Waals surface area contributed by atoms with E-state index in [9.17, 15) is 36.8 Å². The molecule has 2 saturated heterocycles. The van der Waals surface area contributed by atoms with Crippen molar-refractivity contribution in [1.29, 1.82) is 5.26 Å². The van der Waals surface area contributed by atoms with Gasteiger partial charge in [-0.3, -0.25) is 14.5 Å². The standard InChI is InChI=1S/C30H32F5N9O2/c1-4-24(45)43-12-11-41(14-19(43)9-10-36)27-21-13-37-44(22-8-6-7-18(3)25(22)30(33,34)35)28(46)26(21)38-29(39-27)42-15-20(16-42)40(5-2)17-23(31)32/h4,6-8,13,19-20,23H,1,5,9,11-12,14-17H2,2-3H3. The molecule has 1 atom stereocenters. The third-order valence-electron chi connectivity index (χ3n) is 8.38. The molecule has 0 spiro atoms. The van der Waals surface area contributed by atoms with Crippen LogP contribution in [-0.4, -0.2) is 99.8 Å². The van der Waals surface area contributed by atoms with Crippen molar-refractivity contribution in [3.05, 3.63) is 58.5 Å². The van der Waals surface area contributed by atoms with Gasteiger partial charge in [-0.25, -0.2) is 13.8 Å². The molecule has 244 valence electrons. The molecule has 0 N–H and O–H groups in total. The maximum Gasteiger partial charge on any atom is 0.418 e. The summed E-state index contributed by atoms with van der Waals surface area (Å²) in [7, 11) is 0. The number of aromatic nitrogens is 4. The van der Waals surface area contributed by atoms with E-state index in [1.165, 1.54) is 36.2 Å². The van der Waals surface area contributed by atoms with Crippen LogP contribution in [-0.2, 0) is 11.0 Å². The minimum Gasteiger partial charge on any atom is -0.352 e. The fraction of sp³-hybridized carbons (Fsp3) is 0.467. The Bertz CT molecular complexity index is 1730. The van der Waals surface area contributed by atoms with Gasteiger partial charge in [0.15, 0.2) is 0 Å². The van der Waals surface area contributed by atoms with Crippen molar-refractivity contribution in [2.24, 2.45) is 0 Å². The highest BCUT2D eigenvalue weighted by atomic mass is 19.4. The van der Waals surface area contributed by atoms with Gasteiger partial charge < -0.3 is 14.7 Å². The molecule has 0 radical (unpaired) electrons. The molecule has 0 bridgehead atoms. The van der Waals surface area contributed by atoms with Crippen LogP contribution >= 0.6 is 0 Å². The molecule has 5 rings (SSSR count). The number of nitrogens with zero attached hydrogens (tertiary/aromatic N) is 9. The van der Waals surface area contributed by atoms with E-state index in [1.54, 1.807) is 21.6 Å². The SMILES string of the molecule is C=CC(=O)N1CCN(c2nc(N3CC(N(CC)CC(F)F)C3)nc3c(=O)n(-c4cccc(C)c4C(F)(F)F)ncc23)CC1CC#N. The smallest absolute Gasteiger partial charge is 0.352 e. The van der Waals surface area contributed by atoms with Gasteiger partial charge in [0.1, 0.15) is 11.3 Å². The third-order valence-corrected chi connectivity index (χ3v) is 8.38. The van der Waals surface area contributed by atoms with Crippen LogP contribution in [0.4, 0.5) is 33.7 Å². The summed E-state index contributed by atoms with van der Waals surface area (Å²) in [5, 5.41) is 13.7. The molecule has 1 amide bonds. The summed E-state index contributed by atoms with van der Waals surface area (Å²) >= 11 is 0. The minimum absolute atomic E-state index is 0.00931. The second-order valence-corrected chi connectivity index (χ2v) is 11.2. The number of rotatable bonds is 9. The zero-order valence-electron chi connectivity index (χ0n) is 25.2. The van der Waals surface area contributed by atoms with E-state index in [1.807, 2.05) is 0 Å². The van der Waals surface area contributed by atoms with E-state index in [-0.39, 0.29) is 66.2 Å². The first-order chi connectivity index (χ1) is 21.9. The number of hydrogen-bond donors (Lipinski definition) is 0. The number of benzene rings is 1. The number of nitriles is 1. The van der Waals surface area contributed by atoms with E-state index in [0.29, 0.717) is 24.3 Å². The molecule has 2 aliphatic rings. The number of likely N-dealkylation sites (N-methyl/N-ethyl adjacent to an activating group) is 1. The maximum absolute atomic E-state index is 14.1. The predicted molar refractivity (Wildman–Crippen MR) is 160 cm³/mol. The van der Waals surface area contributed by atoms with Crippen LogP contribution in [0.5, 0.6) is 0 Å². The fourth-order valence-electron chi connectivity index (χ4n) is 6.05. The molecule has 3 aromatic rings. The molecular weight excluding hydrogens is 613 g/mol. The highest BCUT2D eigenvalue weighted by Gasteiger charge is 2.38. The number of amides is 1. The second-order valence-electron chi connectivity index (χ2n) is 11.2. The van der Waals surface area contributed by atoms with Gasteiger partial charge in [0, 0.05) is 38.8 Å². The lowest BCUT2D eigenvalue weighted by Crippen LogP contribution is -2.61. The zero-order chi connectivity index (χ0) is 33.3. The quantitative estimate of drug-likeness (QED) is 0.255. The number of carbonyl (C=O) groups excluding carboxylic acids is 1. The Morgan fingerprint density at radius 1 is 1.20 bits per heavy atom. The molecule has 0 aliphatic carbocycles. The summed E-state index contributed by atoms with van der Waals surface area (Å²) in [6, 6.07) is 5.18. The molecule has 1 unspecified atom stereocenters. The van der Waals surface area contributed by atoms with Gasteiger partial charge in [0.2, 0.25) is 11.9 Å². The minimum atomic E-state index is -4.77. The molecule has 4 heterocycles. The zero-order valence-corrected chi connectivity index (χ0v) is 25.2. The molecule has 11 nitrogen and oxygen atoms in total. The van der Waals surface area contributed by atoms with Gasteiger partial charge in [-0.15, -0.1) is 0 Å². The lowest BCUT2D eigenvalue weighted by atomic mass is 10.1. The second kappa shape index (κ2) is 13.0. The van der Waals surface area contributed by atoms with Crippen molar-refractivity contribution in [1.82, 2.24) is 29.5 Å². The topological polar surface area (TPSA) is 114 Å². The number of aryl methyl sites for hydroxylation is 1. The Hall–Kier alpha value is -4.65. The summed E-state index contributed by atoms with van der Waals surface area (Å²) in [6.45, 7) is 7.81. The van der Waals surface area contributed by atoms with Gasteiger partial charge in [0.25, 0.3) is 12.0 Å². The van der Waals surface area contributed by atoms with Crippen LogP contribution in [0.15, 0.2) is 41.8 Å². The van der Waals surface area contributed by atoms with E-state index < -0.39 is 42.0 Å². The van der Waals surface area contributed by atoms with Crippen molar-refractivity contribution in [3.63, 3.8) is 0 Å². The van der Waals surface area contributed by atoms with Crippen molar-refractivity contribution >= 4 is 28.6 Å². The van der Waals surface area contributed by atoms with Crippen LogP contribution in [0.25, 0.3) is 16.6 Å². The van der Waals surface area contributed by atoms with Gasteiger partial charge in [-0.1, -0.05) is 25.6 Å². The summed E-state index contributed by atoms with van der Waals surface area (Å²) in [5.74, 6) is 0.0182. The molecule has 2 fully saturated rings. The van der Waals surface area contributed by atoms with Crippen LogP contribution in [0.3, 0.4) is 0 Å². The maximum atomic E-state index is 14.1. The first-order valence-electron chi connectivity index (χ1n) is 14.7. The predicted octanol–water partition coefficient (Wildman–Crippen LogP) is 3.40. The highest BCUT2D eigenvalue weighted by molar-refractivity contribution is 5.90. The number of hydrogen-bond acceptors (Lipinski definition) is 9. The van der Waals surface area contributed by atoms with Gasteiger partial charge in [-0.2, -0.15) is 33.2 Å². The normalized spacial score (nSPS) is 17.5. The number of anilines is 2. The average Bonchev–Trinajstić information content (AvgIpc) is 2.98. The summed E-state index contributed by atoms with van der Waals surface area (Å²) in [6.07, 6.45) is -4.87. The van der Waals surface area contributed by atoms with Crippen LogP contribution in [0.1, 0.15) is 24.5 Å². The molecule has 2 aromatic heterocycles. The van der Waals surface area contributed by atoms with Crippen molar-refractivity contribution in [2.75, 3.05) is 55.6 Å². The molecule has 2 aliphatic heterocycles. The fourth-order valence-corrected chi connectivity index (χ4v) is 6.05. The van der Waals surface area contributed by atoms with Crippen LogP contribution in [0.2, 0.25) is 0 Å². The lowest BCUT2D eigenvalue weighted by molar-refractivity contribution is -0.138. The van der Waals surface area contributed by atoms with E-state index in [2.05, 4.69) is 22.7 Å². The number of alkyl halides is 5. The molecule has 1 aromatic carbocycles. The Morgan fingerprint density at radius 3 is 2.57 bits per heavy atom. The Balaban J connectivity index is 1.62. The lowest BCUT2D eigenvalue weighted by Gasteiger charge is -2.45. The number of carbonyl (C=O) groups is 1. The summed E-state index contributed by atoms with van der Waals surface area (Å²) < 4.78 is 69.2. The van der Waals surface area contributed by atoms with Gasteiger partial charge >= 0.3 is 6.18 Å². The Morgan fingerprint density at radius 2 is 1.93 bits per heavy atom. The number of fused-ring (bicyclic) bond motifs is 1.